The molecule has 1 fully saturated rings. The van der Waals surface area contributed by atoms with Gasteiger partial charge in [-0.2, -0.15) is 0 Å². The molecule has 0 bridgehead atoms. The molecule has 0 atom stereocenters. The highest BCUT2D eigenvalue weighted by Crippen LogP contribution is 2.28. The Kier molecular flexibility index (Phi) is 5.59. The molecule has 0 spiro atoms. The van der Waals surface area contributed by atoms with Gasteiger partial charge in [-0.05, 0) is 18.9 Å². The largest absolute Gasteiger partial charge is 0.496 e. The molecule has 1 aliphatic rings. The van der Waals surface area contributed by atoms with Gasteiger partial charge in [0.15, 0.2) is 0 Å². The Labute approximate surface area is 125 Å². The fourth-order valence-corrected chi connectivity index (χ4v) is 2.82. The zero-order valence-corrected chi connectivity index (χ0v) is 12.5. The van der Waals surface area contributed by atoms with Gasteiger partial charge in [0, 0.05) is 17.6 Å². The maximum absolute atomic E-state index is 11.9. The van der Waals surface area contributed by atoms with Gasteiger partial charge in [-0.15, -0.1) is 0 Å². The van der Waals surface area contributed by atoms with Crippen molar-refractivity contribution in [1.82, 2.24) is 10.6 Å². The minimum Gasteiger partial charge on any atom is -0.496 e. The molecular formula is C16H24N2O3. The molecule has 1 aromatic carbocycles. The van der Waals surface area contributed by atoms with Gasteiger partial charge in [-0.3, -0.25) is 4.79 Å². The first-order chi connectivity index (χ1) is 10.2. The second-order valence-electron chi connectivity index (χ2n) is 5.59. The zero-order valence-electron chi connectivity index (χ0n) is 12.5. The Morgan fingerprint density at radius 2 is 2.05 bits per heavy atom. The van der Waals surface area contributed by atoms with Crippen LogP contribution in [0.5, 0.6) is 5.75 Å². The van der Waals surface area contributed by atoms with Gasteiger partial charge >= 0.3 is 0 Å². The topological polar surface area (TPSA) is 70.6 Å². The molecule has 0 saturated heterocycles. The van der Waals surface area contributed by atoms with Crippen LogP contribution >= 0.6 is 0 Å². The van der Waals surface area contributed by atoms with Gasteiger partial charge in [0.1, 0.15) is 5.75 Å². The van der Waals surface area contributed by atoms with Crippen LogP contribution in [0.1, 0.15) is 31.2 Å². The summed E-state index contributed by atoms with van der Waals surface area (Å²) < 4.78 is 5.25. The van der Waals surface area contributed by atoms with Gasteiger partial charge in [0.2, 0.25) is 5.91 Å². The molecule has 116 valence electrons. The second-order valence-corrected chi connectivity index (χ2v) is 5.59. The molecule has 0 heterocycles. The molecule has 21 heavy (non-hydrogen) atoms. The quantitative estimate of drug-likeness (QED) is 0.706. The van der Waals surface area contributed by atoms with E-state index in [4.69, 9.17) is 4.74 Å². The van der Waals surface area contributed by atoms with Gasteiger partial charge in [-0.25, -0.2) is 0 Å². The van der Waals surface area contributed by atoms with Crippen LogP contribution < -0.4 is 15.4 Å². The summed E-state index contributed by atoms with van der Waals surface area (Å²) in [6.07, 6.45) is 4.08. The Balaban J connectivity index is 1.79. The summed E-state index contributed by atoms with van der Waals surface area (Å²) in [6.45, 7) is 0.763. The predicted octanol–water partition coefficient (Wildman–Crippen LogP) is 1.21. The molecule has 5 nitrogen and oxygen atoms in total. The highest BCUT2D eigenvalue weighted by atomic mass is 16.5. The number of rotatable bonds is 7. The first-order valence-electron chi connectivity index (χ1n) is 7.43. The lowest BCUT2D eigenvalue weighted by Gasteiger charge is -2.27. The third-order valence-corrected chi connectivity index (χ3v) is 4.16. The lowest BCUT2D eigenvalue weighted by Crippen LogP contribution is -2.50. The fourth-order valence-electron chi connectivity index (χ4n) is 2.82. The molecule has 3 N–H and O–H groups in total. The number of hydrogen-bond acceptors (Lipinski definition) is 4. The van der Waals surface area contributed by atoms with E-state index in [0.29, 0.717) is 6.54 Å². The van der Waals surface area contributed by atoms with Gasteiger partial charge in [0.25, 0.3) is 0 Å². The van der Waals surface area contributed by atoms with E-state index in [0.717, 1.165) is 37.0 Å². The van der Waals surface area contributed by atoms with Crippen molar-refractivity contribution in [1.29, 1.82) is 0 Å². The number of carbonyl (C=O) groups is 1. The van der Waals surface area contributed by atoms with Crippen LogP contribution in [-0.2, 0) is 11.3 Å². The number of para-hydroxylation sites is 1. The van der Waals surface area contributed by atoms with E-state index in [2.05, 4.69) is 10.6 Å². The van der Waals surface area contributed by atoms with Gasteiger partial charge in [0.05, 0.1) is 20.3 Å². The summed E-state index contributed by atoms with van der Waals surface area (Å²) in [4.78, 5) is 11.9. The van der Waals surface area contributed by atoms with Crippen LogP contribution in [0.2, 0.25) is 0 Å². The SMILES string of the molecule is COc1ccccc1CNC(=O)CNC1(CO)CCCC1. The predicted molar refractivity (Wildman–Crippen MR) is 81.1 cm³/mol. The molecule has 5 heteroatoms. The van der Waals surface area contributed by atoms with E-state index in [9.17, 15) is 9.90 Å². The van der Waals surface area contributed by atoms with E-state index in [1.807, 2.05) is 24.3 Å². The lowest BCUT2D eigenvalue weighted by atomic mass is 9.99. The van der Waals surface area contributed by atoms with E-state index >= 15 is 0 Å². The van der Waals surface area contributed by atoms with Crippen molar-refractivity contribution in [2.45, 2.75) is 37.8 Å². The first kappa shape index (κ1) is 15.8. The Morgan fingerprint density at radius 3 is 2.71 bits per heavy atom. The monoisotopic (exact) mass is 292 g/mol. The molecule has 0 radical (unpaired) electrons. The number of carbonyl (C=O) groups excluding carboxylic acids is 1. The van der Waals surface area contributed by atoms with Crippen LogP contribution in [0, 0.1) is 0 Å². The van der Waals surface area contributed by atoms with E-state index in [1.165, 1.54) is 0 Å². The minimum absolute atomic E-state index is 0.0689. The van der Waals surface area contributed by atoms with Gasteiger partial charge in [-0.1, -0.05) is 31.0 Å². The van der Waals surface area contributed by atoms with Crippen molar-refractivity contribution in [2.24, 2.45) is 0 Å². The smallest absolute Gasteiger partial charge is 0.234 e. The van der Waals surface area contributed by atoms with Crippen LogP contribution in [0.4, 0.5) is 0 Å². The Morgan fingerprint density at radius 1 is 1.33 bits per heavy atom. The van der Waals surface area contributed by atoms with Crippen molar-refractivity contribution < 1.29 is 14.6 Å². The summed E-state index contributed by atoms with van der Waals surface area (Å²) >= 11 is 0. The van der Waals surface area contributed by atoms with Crippen molar-refractivity contribution in [3.8, 4) is 5.75 Å². The number of aliphatic hydroxyl groups excluding tert-OH is 1. The van der Waals surface area contributed by atoms with Crippen molar-refractivity contribution in [3.63, 3.8) is 0 Å². The summed E-state index contributed by atoms with van der Waals surface area (Å²) in [5.74, 6) is 0.703. The average Bonchev–Trinajstić information content (AvgIpc) is 3.00. The summed E-state index contributed by atoms with van der Waals surface area (Å²) in [7, 11) is 1.62. The van der Waals surface area contributed by atoms with E-state index in [-0.39, 0.29) is 24.6 Å². The summed E-state index contributed by atoms with van der Waals surface area (Å²) in [5.41, 5.74) is 0.688. The molecule has 1 aliphatic carbocycles. The van der Waals surface area contributed by atoms with Crippen molar-refractivity contribution in [2.75, 3.05) is 20.3 Å². The molecule has 1 saturated carbocycles. The molecule has 0 aromatic heterocycles. The Bertz CT molecular complexity index is 470. The van der Waals surface area contributed by atoms with Crippen molar-refractivity contribution >= 4 is 5.91 Å². The number of hydrogen-bond donors (Lipinski definition) is 3. The number of benzene rings is 1. The number of ether oxygens (including phenoxy) is 1. The number of aliphatic hydroxyl groups is 1. The maximum atomic E-state index is 11.9. The van der Waals surface area contributed by atoms with E-state index in [1.54, 1.807) is 7.11 Å². The molecule has 1 amide bonds. The fraction of sp³-hybridized carbons (Fsp3) is 0.562. The van der Waals surface area contributed by atoms with Crippen molar-refractivity contribution in [3.05, 3.63) is 29.8 Å². The highest BCUT2D eigenvalue weighted by Gasteiger charge is 2.32. The van der Waals surface area contributed by atoms with Crippen LogP contribution in [-0.4, -0.2) is 36.8 Å². The summed E-state index contributed by atoms with van der Waals surface area (Å²) in [6, 6.07) is 7.62. The van der Waals surface area contributed by atoms with Crippen LogP contribution in [0.15, 0.2) is 24.3 Å². The lowest BCUT2D eigenvalue weighted by molar-refractivity contribution is -0.120. The number of methoxy groups -OCH3 is 1. The average molecular weight is 292 g/mol. The first-order valence-corrected chi connectivity index (χ1v) is 7.43. The number of amides is 1. The zero-order chi connectivity index (χ0) is 15.1. The second kappa shape index (κ2) is 7.43. The normalized spacial score (nSPS) is 16.7. The third kappa shape index (κ3) is 4.19. The molecule has 0 aliphatic heterocycles. The highest BCUT2D eigenvalue weighted by molar-refractivity contribution is 5.78. The Hall–Kier alpha value is -1.59. The van der Waals surface area contributed by atoms with Gasteiger partial charge < -0.3 is 20.5 Å². The van der Waals surface area contributed by atoms with E-state index < -0.39 is 0 Å². The molecule has 1 aromatic rings. The van der Waals surface area contributed by atoms with Crippen LogP contribution in [0.3, 0.4) is 0 Å². The molecule has 2 rings (SSSR count). The summed E-state index contributed by atoms with van der Waals surface area (Å²) in [5, 5.41) is 15.6. The standard InChI is InChI=1S/C16H24N2O3/c1-21-14-7-3-2-6-13(14)10-17-15(20)11-18-16(12-19)8-4-5-9-16/h2-3,6-7,18-19H,4-5,8-12H2,1H3,(H,17,20). The van der Waals surface area contributed by atoms with Crippen LogP contribution in [0.25, 0.3) is 0 Å². The minimum atomic E-state index is -0.262. The molecular weight excluding hydrogens is 268 g/mol. The molecule has 0 unspecified atom stereocenters. The number of nitrogens with one attached hydrogen (secondary N) is 2. The third-order valence-electron chi connectivity index (χ3n) is 4.16. The maximum Gasteiger partial charge on any atom is 0.234 e.